The van der Waals surface area contributed by atoms with Gasteiger partial charge in [0.1, 0.15) is 11.3 Å². The van der Waals surface area contributed by atoms with E-state index in [4.69, 9.17) is 5.11 Å². The van der Waals surface area contributed by atoms with Crippen LogP contribution in [0.3, 0.4) is 0 Å². The quantitative estimate of drug-likeness (QED) is 0.804. The number of fused-ring (bicyclic) bond motifs is 1. The molecule has 5 nitrogen and oxygen atoms in total. The molecule has 0 spiro atoms. The maximum atomic E-state index is 13.2. The molecule has 21 heavy (non-hydrogen) atoms. The highest BCUT2D eigenvalue weighted by atomic mass is 19.3. The number of aromatic carboxylic acids is 1. The Balaban J connectivity index is 2.32. The number of carboxylic acid groups (broad SMARTS) is 1. The fraction of sp³-hybridized carbons (Fsp3) is 0.0714. The number of benzene rings is 1. The number of hydrogen-bond acceptors (Lipinski definition) is 3. The summed E-state index contributed by atoms with van der Waals surface area (Å²) in [6.07, 6.45) is -1.77. The van der Waals surface area contributed by atoms with Gasteiger partial charge in [-0.15, -0.1) is 0 Å². The predicted molar refractivity (Wildman–Crippen MR) is 70.3 cm³/mol. The lowest BCUT2D eigenvalue weighted by atomic mass is 10.1. The fourth-order valence-corrected chi connectivity index (χ4v) is 2.05. The van der Waals surface area contributed by atoms with Crippen LogP contribution in [0.2, 0.25) is 0 Å². The van der Waals surface area contributed by atoms with Crippen LogP contribution in [0, 0.1) is 0 Å². The van der Waals surface area contributed by atoms with E-state index in [1.807, 2.05) is 0 Å². The summed E-state index contributed by atoms with van der Waals surface area (Å²) in [6, 6.07) is 9.93. The number of carbonyl (C=O) groups is 1. The molecule has 0 atom stereocenters. The van der Waals surface area contributed by atoms with Gasteiger partial charge in [0.2, 0.25) is 0 Å². The van der Waals surface area contributed by atoms with Crippen LogP contribution < -0.4 is 0 Å². The summed E-state index contributed by atoms with van der Waals surface area (Å²) in [5, 5.41) is 12.8. The van der Waals surface area contributed by atoms with E-state index in [0.717, 1.165) is 10.7 Å². The highest BCUT2D eigenvalue weighted by Gasteiger charge is 2.20. The van der Waals surface area contributed by atoms with E-state index >= 15 is 0 Å². The van der Waals surface area contributed by atoms with Crippen molar-refractivity contribution in [3.8, 4) is 11.3 Å². The summed E-state index contributed by atoms with van der Waals surface area (Å²) in [6.45, 7) is 0. The van der Waals surface area contributed by atoms with Crippen molar-refractivity contribution in [3.05, 3.63) is 53.9 Å². The molecule has 0 fully saturated rings. The van der Waals surface area contributed by atoms with Gasteiger partial charge >= 0.3 is 5.97 Å². The molecule has 0 saturated heterocycles. The number of rotatable bonds is 3. The van der Waals surface area contributed by atoms with Crippen LogP contribution in [-0.2, 0) is 0 Å². The van der Waals surface area contributed by atoms with Crippen molar-refractivity contribution >= 4 is 11.6 Å². The maximum Gasteiger partial charge on any atom is 0.341 e. The van der Waals surface area contributed by atoms with Crippen LogP contribution in [0.15, 0.2) is 42.6 Å². The summed E-state index contributed by atoms with van der Waals surface area (Å²) in [4.78, 5) is 15.3. The van der Waals surface area contributed by atoms with Crippen molar-refractivity contribution in [2.45, 2.75) is 6.43 Å². The second kappa shape index (κ2) is 4.93. The summed E-state index contributed by atoms with van der Waals surface area (Å²) < 4.78 is 27.2. The third-order valence-corrected chi connectivity index (χ3v) is 3.02. The minimum atomic E-state index is -2.79. The smallest absolute Gasteiger partial charge is 0.341 e. The molecular formula is C14H9F2N3O2. The molecule has 0 amide bonds. The van der Waals surface area contributed by atoms with E-state index in [-0.39, 0.29) is 16.9 Å². The molecule has 1 aromatic carbocycles. The Bertz CT molecular complexity index is 816. The summed E-state index contributed by atoms with van der Waals surface area (Å²) in [7, 11) is 0. The van der Waals surface area contributed by atoms with E-state index < -0.39 is 18.1 Å². The van der Waals surface area contributed by atoms with Gasteiger partial charge in [0.25, 0.3) is 6.43 Å². The molecule has 0 unspecified atom stereocenters. The first kappa shape index (κ1) is 13.2. The number of hydrogen-bond donors (Lipinski definition) is 1. The molecule has 3 aromatic rings. The van der Waals surface area contributed by atoms with Gasteiger partial charge in [-0.2, -0.15) is 5.10 Å². The zero-order valence-corrected chi connectivity index (χ0v) is 10.6. The van der Waals surface area contributed by atoms with Gasteiger partial charge in [0.15, 0.2) is 5.65 Å². The number of halogens is 2. The van der Waals surface area contributed by atoms with Gasteiger partial charge in [0, 0.05) is 5.56 Å². The van der Waals surface area contributed by atoms with Gasteiger partial charge in [-0.3, -0.25) is 0 Å². The molecule has 0 aliphatic carbocycles. The minimum Gasteiger partial charge on any atom is -0.477 e. The third-order valence-electron chi connectivity index (χ3n) is 3.02. The van der Waals surface area contributed by atoms with Crippen LogP contribution in [0.5, 0.6) is 0 Å². The molecule has 2 heterocycles. The van der Waals surface area contributed by atoms with E-state index in [9.17, 15) is 13.6 Å². The Morgan fingerprint density at radius 1 is 1.24 bits per heavy atom. The standard InChI is InChI=1S/C14H9F2N3O2/c15-12(16)11-6-10(8-4-2-1-3-5-8)18-13-9(14(20)21)7-17-19(11)13/h1-7,12H,(H,20,21). The first-order valence-corrected chi connectivity index (χ1v) is 6.03. The maximum absolute atomic E-state index is 13.2. The minimum absolute atomic E-state index is 0.0980. The Morgan fingerprint density at radius 2 is 1.95 bits per heavy atom. The monoisotopic (exact) mass is 289 g/mol. The molecule has 0 radical (unpaired) electrons. The second-order valence-corrected chi connectivity index (χ2v) is 4.33. The topological polar surface area (TPSA) is 67.5 Å². The van der Waals surface area contributed by atoms with Gasteiger partial charge in [-0.1, -0.05) is 30.3 Å². The molecule has 3 rings (SSSR count). The van der Waals surface area contributed by atoms with Crippen molar-refractivity contribution in [2.24, 2.45) is 0 Å². The largest absolute Gasteiger partial charge is 0.477 e. The SMILES string of the molecule is O=C(O)c1cnn2c(C(F)F)cc(-c3ccccc3)nc12. The normalized spacial score (nSPS) is 11.2. The molecule has 0 aliphatic rings. The molecule has 106 valence electrons. The highest BCUT2D eigenvalue weighted by Crippen LogP contribution is 2.26. The van der Waals surface area contributed by atoms with Crippen LogP contribution in [-0.4, -0.2) is 25.7 Å². The molecule has 2 aromatic heterocycles. The fourth-order valence-electron chi connectivity index (χ4n) is 2.05. The van der Waals surface area contributed by atoms with E-state index in [1.165, 1.54) is 6.07 Å². The Morgan fingerprint density at radius 3 is 2.57 bits per heavy atom. The predicted octanol–water partition coefficient (Wildman–Crippen LogP) is 3.03. The van der Waals surface area contributed by atoms with Crippen molar-refractivity contribution in [1.82, 2.24) is 14.6 Å². The molecule has 0 saturated carbocycles. The number of carboxylic acids is 1. The van der Waals surface area contributed by atoms with E-state index in [0.29, 0.717) is 5.56 Å². The second-order valence-electron chi connectivity index (χ2n) is 4.33. The van der Waals surface area contributed by atoms with Crippen LogP contribution in [0.1, 0.15) is 22.5 Å². The van der Waals surface area contributed by atoms with Crippen molar-refractivity contribution < 1.29 is 18.7 Å². The van der Waals surface area contributed by atoms with Crippen LogP contribution in [0.25, 0.3) is 16.9 Å². The zero-order valence-electron chi connectivity index (χ0n) is 10.6. The van der Waals surface area contributed by atoms with Crippen molar-refractivity contribution in [2.75, 3.05) is 0 Å². The van der Waals surface area contributed by atoms with Gasteiger partial charge < -0.3 is 5.11 Å². The lowest BCUT2D eigenvalue weighted by Gasteiger charge is -2.07. The summed E-state index contributed by atoms with van der Waals surface area (Å²) in [5.41, 5.74) is 0.195. The molecule has 0 aliphatic heterocycles. The third kappa shape index (κ3) is 2.22. The average Bonchev–Trinajstić information content (AvgIpc) is 2.90. The molecular weight excluding hydrogens is 280 g/mol. The van der Waals surface area contributed by atoms with Crippen molar-refractivity contribution in [1.29, 1.82) is 0 Å². The summed E-state index contributed by atoms with van der Waals surface area (Å²) in [5.74, 6) is -1.26. The van der Waals surface area contributed by atoms with Crippen LogP contribution in [0.4, 0.5) is 8.78 Å². The van der Waals surface area contributed by atoms with Crippen LogP contribution >= 0.6 is 0 Å². The first-order chi connectivity index (χ1) is 10.1. The highest BCUT2D eigenvalue weighted by molar-refractivity contribution is 5.94. The van der Waals surface area contributed by atoms with Gasteiger partial charge in [0.05, 0.1) is 11.9 Å². The molecule has 0 bridgehead atoms. The first-order valence-electron chi connectivity index (χ1n) is 6.03. The Kier molecular flexibility index (Phi) is 3.09. The summed E-state index contributed by atoms with van der Waals surface area (Å²) >= 11 is 0. The zero-order chi connectivity index (χ0) is 15.0. The lowest BCUT2D eigenvalue weighted by Crippen LogP contribution is -2.04. The van der Waals surface area contributed by atoms with E-state index in [1.54, 1.807) is 30.3 Å². The van der Waals surface area contributed by atoms with Gasteiger partial charge in [-0.05, 0) is 6.07 Å². The Labute approximate surface area is 117 Å². The van der Waals surface area contributed by atoms with Gasteiger partial charge in [-0.25, -0.2) is 23.1 Å². The molecule has 7 heteroatoms. The number of aromatic nitrogens is 3. The number of nitrogens with zero attached hydrogens (tertiary/aromatic N) is 3. The van der Waals surface area contributed by atoms with Crippen molar-refractivity contribution in [3.63, 3.8) is 0 Å². The Hall–Kier alpha value is -2.83. The van der Waals surface area contributed by atoms with E-state index in [2.05, 4.69) is 10.1 Å². The molecule has 1 N–H and O–H groups in total. The lowest BCUT2D eigenvalue weighted by molar-refractivity contribution is 0.0698. The average molecular weight is 289 g/mol. The number of alkyl halides is 2.